The van der Waals surface area contributed by atoms with E-state index in [1.807, 2.05) is 25.9 Å². The van der Waals surface area contributed by atoms with E-state index in [9.17, 15) is 0 Å². The number of unbranched alkanes of at least 4 members (excludes halogenated alkanes) is 1. The molecule has 1 heterocycles. The van der Waals surface area contributed by atoms with E-state index < -0.39 is 0 Å². The Morgan fingerprint density at radius 1 is 1.44 bits per heavy atom. The highest BCUT2D eigenvalue weighted by Crippen LogP contribution is 2.08. The molecular formula is C11H23N5. The normalized spacial score (nSPS) is 20.3. The summed E-state index contributed by atoms with van der Waals surface area (Å²) in [6.45, 7) is 5.23. The molecule has 0 spiro atoms. The van der Waals surface area contributed by atoms with Crippen molar-refractivity contribution in [3.8, 4) is 0 Å². The Labute approximate surface area is 98.2 Å². The molecule has 0 aromatic rings. The summed E-state index contributed by atoms with van der Waals surface area (Å²) in [6, 6.07) is 0. The Morgan fingerprint density at radius 2 is 2.12 bits per heavy atom. The lowest BCUT2D eigenvalue weighted by molar-refractivity contribution is 0.422. The molecule has 1 aliphatic heterocycles. The van der Waals surface area contributed by atoms with Gasteiger partial charge in [0, 0.05) is 27.7 Å². The van der Waals surface area contributed by atoms with Crippen LogP contribution in [0.1, 0.15) is 26.7 Å². The van der Waals surface area contributed by atoms with E-state index >= 15 is 0 Å². The zero-order valence-corrected chi connectivity index (χ0v) is 11.0. The molecule has 1 N–H and O–H groups in total. The molecular weight excluding hydrogens is 202 g/mol. The number of nitrogens with zero attached hydrogens (tertiary/aromatic N) is 4. The summed E-state index contributed by atoms with van der Waals surface area (Å²) < 4.78 is 0. The quantitative estimate of drug-likeness (QED) is 0.777. The summed E-state index contributed by atoms with van der Waals surface area (Å²) >= 11 is 0. The van der Waals surface area contributed by atoms with Gasteiger partial charge in [-0.3, -0.25) is 4.90 Å². The van der Waals surface area contributed by atoms with Crippen molar-refractivity contribution < 1.29 is 0 Å². The molecule has 0 aliphatic carbocycles. The van der Waals surface area contributed by atoms with Crippen molar-refractivity contribution in [3.63, 3.8) is 0 Å². The van der Waals surface area contributed by atoms with Crippen LogP contribution in [0.2, 0.25) is 0 Å². The van der Waals surface area contributed by atoms with Crippen molar-refractivity contribution in [2.75, 3.05) is 27.7 Å². The van der Waals surface area contributed by atoms with E-state index in [-0.39, 0.29) is 6.17 Å². The molecule has 1 aliphatic rings. The standard InChI is InChI=1S/C11H23N5/c1-6-7-8-15(4)11-14-9(2)13-10(12-3)16(11)5/h9H,6-8H2,1-5H3,(H,12,13). The molecule has 5 heteroatoms. The fourth-order valence-electron chi connectivity index (χ4n) is 1.72. The molecule has 0 saturated heterocycles. The molecule has 1 rings (SSSR count). The first-order chi connectivity index (χ1) is 7.60. The molecule has 1 unspecified atom stereocenters. The third kappa shape index (κ3) is 2.87. The molecule has 16 heavy (non-hydrogen) atoms. The molecule has 0 radical (unpaired) electrons. The number of rotatable bonds is 3. The Kier molecular flexibility index (Phi) is 4.58. The number of aliphatic imine (C=N–C) groups is 2. The first-order valence-electron chi connectivity index (χ1n) is 5.88. The minimum absolute atomic E-state index is 0.00211. The van der Waals surface area contributed by atoms with Gasteiger partial charge in [-0.1, -0.05) is 13.3 Å². The number of hydrogen-bond acceptors (Lipinski definition) is 5. The second-order valence-electron chi connectivity index (χ2n) is 4.10. The molecule has 5 nitrogen and oxygen atoms in total. The van der Waals surface area contributed by atoms with Crippen molar-refractivity contribution in [1.29, 1.82) is 0 Å². The van der Waals surface area contributed by atoms with Gasteiger partial charge in [0.1, 0.15) is 6.17 Å². The number of nitrogens with one attached hydrogen (secondary N) is 1. The Bertz CT molecular complexity index is 284. The average Bonchev–Trinajstić information content (AvgIpc) is 2.28. The van der Waals surface area contributed by atoms with Gasteiger partial charge in [0.05, 0.1) is 0 Å². The lowest BCUT2D eigenvalue weighted by Crippen LogP contribution is -2.50. The summed E-state index contributed by atoms with van der Waals surface area (Å²) in [5.41, 5.74) is 0. The average molecular weight is 225 g/mol. The van der Waals surface area contributed by atoms with Gasteiger partial charge in [0.2, 0.25) is 11.9 Å². The SMILES string of the molecule is CCCCN(C)C1=NC(C)N=C(NC)N1C. The van der Waals surface area contributed by atoms with Crippen LogP contribution in [0.25, 0.3) is 0 Å². The van der Waals surface area contributed by atoms with Gasteiger partial charge < -0.3 is 10.2 Å². The van der Waals surface area contributed by atoms with Crippen LogP contribution < -0.4 is 5.32 Å². The van der Waals surface area contributed by atoms with Gasteiger partial charge >= 0.3 is 0 Å². The first kappa shape index (κ1) is 12.8. The minimum Gasteiger partial charge on any atom is -0.359 e. The molecule has 0 saturated carbocycles. The first-order valence-corrected chi connectivity index (χ1v) is 5.88. The predicted molar refractivity (Wildman–Crippen MR) is 68.7 cm³/mol. The third-order valence-corrected chi connectivity index (χ3v) is 2.64. The maximum Gasteiger partial charge on any atom is 0.205 e. The van der Waals surface area contributed by atoms with E-state index in [2.05, 4.69) is 34.2 Å². The van der Waals surface area contributed by atoms with Gasteiger partial charge in [0.25, 0.3) is 0 Å². The van der Waals surface area contributed by atoms with Crippen molar-refractivity contribution in [2.24, 2.45) is 9.98 Å². The van der Waals surface area contributed by atoms with Gasteiger partial charge in [0.15, 0.2) is 0 Å². The maximum absolute atomic E-state index is 4.56. The fraction of sp³-hybridized carbons (Fsp3) is 0.818. The summed E-state index contributed by atoms with van der Waals surface area (Å²) in [4.78, 5) is 13.1. The number of guanidine groups is 2. The zero-order chi connectivity index (χ0) is 12.1. The molecule has 0 aromatic carbocycles. The summed E-state index contributed by atoms with van der Waals surface area (Å²) in [5.74, 6) is 1.86. The lowest BCUT2D eigenvalue weighted by atomic mass is 10.3. The van der Waals surface area contributed by atoms with Crippen molar-refractivity contribution in [1.82, 2.24) is 15.1 Å². The van der Waals surface area contributed by atoms with Crippen LogP contribution in [0.4, 0.5) is 0 Å². The molecule has 0 fully saturated rings. The minimum atomic E-state index is -0.00211. The van der Waals surface area contributed by atoms with Crippen LogP contribution in [0.15, 0.2) is 9.98 Å². The van der Waals surface area contributed by atoms with Gasteiger partial charge in [-0.25, -0.2) is 9.98 Å². The molecule has 0 bridgehead atoms. The highest BCUT2D eigenvalue weighted by Gasteiger charge is 2.21. The van der Waals surface area contributed by atoms with E-state index in [4.69, 9.17) is 0 Å². The Balaban J connectivity index is 2.72. The number of hydrogen-bond donors (Lipinski definition) is 1. The predicted octanol–water partition coefficient (Wildman–Crippen LogP) is 0.941. The largest absolute Gasteiger partial charge is 0.359 e. The van der Waals surface area contributed by atoms with Gasteiger partial charge in [-0.05, 0) is 13.3 Å². The molecule has 0 amide bonds. The molecule has 0 aromatic heterocycles. The van der Waals surface area contributed by atoms with Gasteiger partial charge in [-0.15, -0.1) is 0 Å². The van der Waals surface area contributed by atoms with Gasteiger partial charge in [-0.2, -0.15) is 0 Å². The zero-order valence-electron chi connectivity index (χ0n) is 11.0. The fourth-order valence-corrected chi connectivity index (χ4v) is 1.72. The van der Waals surface area contributed by atoms with E-state index in [1.54, 1.807) is 0 Å². The summed E-state index contributed by atoms with van der Waals surface area (Å²) in [6.07, 6.45) is 2.38. The van der Waals surface area contributed by atoms with Crippen LogP contribution in [-0.4, -0.2) is 55.6 Å². The Hall–Kier alpha value is -1.26. The van der Waals surface area contributed by atoms with E-state index in [1.165, 1.54) is 12.8 Å². The molecule has 92 valence electrons. The van der Waals surface area contributed by atoms with Crippen LogP contribution in [0.5, 0.6) is 0 Å². The summed E-state index contributed by atoms with van der Waals surface area (Å²) in [7, 11) is 5.95. The van der Waals surface area contributed by atoms with E-state index in [0.29, 0.717) is 0 Å². The monoisotopic (exact) mass is 225 g/mol. The second kappa shape index (κ2) is 5.72. The maximum atomic E-state index is 4.56. The smallest absolute Gasteiger partial charge is 0.205 e. The van der Waals surface area contributed by atoms with Crippen molar-refractivity contribution >= 4 is 11.9 Å². The topological polar surface area (TPSA) is 43.2 Å². The highest BCUT2D eigenvalue weighted by atomic mass is 15.4. The van der Waals surface area contributed by atoms with E-state index in [0.717, 1.165) is 18.5 Å². The van der Waals surface area contributed by atoms with Crippen LogP contribution in [0, 0.1) is 0 Å². The highest BCUT2D eigenvalue weighted by molar-refractivity contribution is 5.99. The van der Waals surface area contributed by atoms with Crippen molar-refractivity contribution in [3.05, 3.63) is 0 Å². The third-order valence-electron chi connectivity index (χ3n) is 2.64. The van der Waals surface area contributed by atoms with Crippen LogP contribution >= 0.6 is 0 Å². The van der Waals surface area contributed by atoms with Crippen molar-refractivity contribution in [2.45, 2.75) is 32.9 Å². The second-order valence-corrected chi connectivity index (χ2v) is 4.10. The Morgan fingerprint density at radius 3 is 2.69 bits per heavy atom. The van der Waals surface area contributed by atoms with Crippen LogP contribution in [-0.2, 0) is 0 Å². The summed E-state index contributed by atoms with van der Waals surface area (Å²) in [5, 5.41) is 3.09. The lowest BCUT2D eigenvalue weighted by Gasteiger charge is -2.33. The molecule has 1 atom stereocenters. The van der Waals surface area contributed by atoms with Crippen LogP contribution in [0.3, 0.4) is 0 Å².